The predicted molar refractivity (Wildman–Crippen MR) is 139 cm³/mol. The van der Waals surface area contributed by atoms with Gasteiger partial charge in [0.1, 0.15) is 22.8 Å². The number of benzene rings is 1. The molecule has 1 saturated heterocycles. The zero-order valence-electron chi connectivity index (χ0n) is 20.6. The van der Waals surface area contributed by atoms with Crippen LogP contribution < -0.4 is 10.2 Å². The number of halogens is 1. The van der Waals surface area contributed by atoms with Gasteiger partial charge in [0.15, 0.2) is 0 Å². The molecule has 1 unspecified atom stereocenters. The van der Waals surface area contributed by atoms with Crippen LogP contribution in [0.4, 0.5) is 10.2 Å². The Bertz CT molecular complexity index is 1190. The van der Waals surface area contributed by atoms with E-state index >= 15 is 0 Å². The maximum absolute atomic E-state index is 13.6. The first-order chi connectivity index (χ1) is 16.9. The number of nitrogens with zero attached hydrogens (tertiary/aromatic N) is 5. The number of carbonyl (C=O) groups excluding carboxylic acids is 1. The molecule has 1 atom stereocenters. The molecule has 2 aromatic heterocycles. The van der Waals surface area contributed by atoms with Gasteiger partial charge in [0, 0.05) is 56.7 Å². The first-order valence-corrected chi connectivity index (χ1v) is 13.2. The molecule has 3 aromatic rings. The lowest BCUT2D eigenvalue weighted by Crippen LogP contribution is -2.51. The fourth-order valence-corrected chi connectivity index (χ4v) is 6.30. The van der Waals surface area contributed by atoms with E-state index in [9.17, 15) is 9.18 Å². The molecule has 1 aromatic carbocycles. The summed E-state index contributed by atoms with van der Waals surface area (Å²) in [4.78, 5) is 31.9. The molecule has 0 bridgehead atoms. The van der Waals surface area contributed by atoms with Gasteiger partial charge in [0.05, 0.1) is 11.3 Å². The molecule has 35 heavy (non-hydrogen) atoms. The maximum Gasteiger partial charge on any atom is 0.231 e. The molecule has 7 nitrogen and oxygen atoms in total. The summed E-state index contributed by atoms with van der Waals surface area (Å²) in [5.74, 6) is 0.467. The molecule has 0 radical (unpaired) electrons. The van der Waals surface area contributed by atoms with Crippen molar-refractivity contribution in [1.82, 2.24) is 25.1 Å². The molecule has 186 valence electrons. The molecule has 1 amide bonds. The van der Waals surface area contributed by atoms with Crippen LogP contribution >= 0.6 is 11.3 Å². The third-order valence-electron chi connectivity index (χ3n) is 7.00. The van der Waals surface area contributed by atoms with Crippen molar-refractivity contribution in [2.45, 2.75) is 38.8 Å². The van der Waals surface area contributed by atoms with Crippen LogP contribution in [0.2, 0.25) is 0 Å². The van der Waals surface area contributed by atoms with Crippen LogP contribution in [0.3, 0.4) is 0 Å². The van der Waals surface area contributed by atoms with Gasteiger partial charge in [-0.05, 0) is 36.7 Å². The molecular weight excluding hydrogens is 463 g/mol. The normalized spacial score (nSPS) is 17.7. The summed E-state index contributed by atoms with van der Waals surface area (Å²) in [5, 5.41) is 4.59. The van der Waals surface area contributed by atoms with Gasteiger partial charge in [0.25, 0.3) is 0 Å². The average Bonchev–Trinajstić information content (AvgIpc) is 3.22. The highest BCUT2D eigenvalue weighted by Gasteiger charge is 2.31. The quantitative estimate of drug-likeness (QED) is 0.565. The van der Waals surface area contributed by atoms with E-state index < -0.39 is 0 Å². The number of piperazine rings is 1. The highest BCUT2D eigenvalue weighted by atomic mass is 32.1. The molecular formula is C26H33FN6OS. The second-order valence-electron chi connectivity index (χ2n) is 9.85. The van der Waals surface area contributed by atoms with Gasteiger partial charge in [-0.25, -0.2) is 14.4 Å². The van der Waals surface area contributed by atoms with Gasteiger partial charge in [-0.2, -0.15) is 0 Å². The number of hydrogen-bond acceptors (Lipinski definition) is 7. The van der Waals surface area contributed by atoms with Crippen LogP contribution in [0.1, 0.15) is 35.8 Å². The highest BCUT2D eigenvalue weighted by molar-refractivity contribution is 7.19. The topological polar surface area (TPSA) is 64.6 Å². The Morgan fingerprint density at radius 2 is 1.86 bits per heavy atom. The fraction of sp³-hybridized carbons (Fsp3) is 0.500. The van der Waals surface area contributed by atoms with E-state index in [1.165, 1.54) is 28.0 Å². The zero-order chi connectivity index (χ0) is 24.5. The number of amides is 1. The summed E-state index contributed by atoms with van der Waals surface area (Å²) < 4.78 is 13.5. The second-order valence-corrected chi connectivity index (χ2v) is 10.9. The van der Waals surface area contributed by atoms with E-state index in [-0.39, 0.29) is 23.7 Å². The number of rotatable bonds is 6. The lowest BCUT2D eigenvalue weighted by molar-refractivity contribution is -0.133. The first-order valence-electron chi connectivity index (χ1n) is 12.4. The van der Waals surface area contributed by atoms with Crippen molar-refractivity contribution in [1.29, 1.82) is 0 Å². The largest absolute Gasteiger partial charge is 0.352 e. The Morgan fingerprint density at radius 1 is 1.11 bits per heavy atom. The summed E-state index contributed by atoms with van der Waals surface area (Å²) in [6.07, 6.45) is 2.69. The van der Waals surface area contributed by atoms with Crippen molar-refractivity contribution >= 4 is 33.3 Å². The Kier molecular flexibility index (Phi) is 7.00. The van der Waals surface area contributed by atoms with E-state index in [2.05, 4.69) is 41.0 Å². The lowest BCUT2D eigenvalue weighted by Gasteiger charge is -2.37. The molecule has 0 aliphatic carbocycles. The maximum atomic E-state index is 13.6. The molecule has 2 aliphatic rings. The van der Waals surface area contributed by atoms with E-state index in [0.717, 1.165) is 48.8 Å². The molecule has 0 saturated carbocycles. The van der Waals surface area contributed by atoms with Crippen molar-refractivity contribution in [2.24, 2.45) is 0 Å². The fourth-order valence-electron chi connectivity index (χ4n) is 5.03. The summed E-state index contributed by atoms with van der Waals surface area (Å²) in [6.45, 7) is 9.41. The molecule has 1 fully saturated rings. The molecule has 5 rings (SSSR count). The first kappa shape index (κ1) is 24.1. The van der Waals surface area contributed by atoms with E-state index in [0.29, 0.717) is 19.6 Å². The standard InChI is InChI=1S/C26H33FN6OS/c1-17(2)28-14-21(18-4-6-19(27)7-5-18)26(34)33-12-10-32(11-13-33)24-23-20-8-9-31(3)15-22(20)35-25(23)30-16-29-24/h4-7,16-17,21,28H,8-15H2,1-3H3. The summed E-state index contributed by atoms with van der Waals surface area (Å²) in [5.41, 5.74) is 2.24. The van der Waals surface area contributed by atoms with E-state index in [1.54, 1.807) is 29.8 Å². The summed E-state index contributed by atoms with van der Waals surface area (Å²) in [7, 11) is 2.16. The summed E-state index contributed by atoms with van der Waals surface area (Å²) >= 11 is 1.78. The Morgan fingerprint density at radius 3 is 2.57 bits per heavy atom. The average molecular weight is 497 g/mol. The van der Waals surface area contributed by atoms with Crippen LogP contribution in [-0.2, 0) is 17.8 Å². The monoisotopic (exact) mass is 496 g/mol. The van der Waals surface area contributed by atoms with Crippen molar-refractivity contribution in [3.63, 3.8) is 0 Å². The van der Waals surface area contributed by atoms with Crippen LogP contribution in [-0.4, -0.2) is 78.0 Å². The van der Waals surface area contributed by atoms with Crippen LogP contribution in [0, 0.1) is 5.82 Å². The number of thiophene rings is 1. The smallest absolute Gasteiger partial charge is 0.231 e. The minimum Gasteiger partial charge on any atom is -0.352 e. The van der Waals surface area contributed by atoms with Crippen molar-refractivity contribution < 1.29 is 9.18 Å². The molecule has 1 N–H and O–H groups in total. The Labute approximate surface area is 210 Å². The lowest BCUT2D eigenvalue weighted by atomic mass is 9.96. The minimum atomic E-state index is -0.337. The van der Waals surface area contributed by atoms with Crippen molar-refractivity contribution in [3.05, 3.63) is 52.4 Å². The van der Waals surface area contributed by atoms with Crippen LogP contribution in [0.25, 0.3) is 10.2 Å². The number of likely N-dealkylation sites (N-methyl/N-ethyl adjacent to an activating group) is 1. The van der Waals surface area contributed by atoms with Gasteiger partial charge < -0.3 is 20.0 Å². The highest BCUT2D eigenvalue weighted by Crippen LogP contribution is 2.38. The predicted octanol–water partition coefficient (Wildman–Crippen LogP) is 3.25. The number of nitrogens with one attached hydrogen (secondary N) is 1. The number of carbonyl (C=O) groups is 1. The molecule has 4 heterocycles. The number of fused-ring (bicyclic) bond motifs is 3. The third-order valence-corrected chi connectivity index (χ3v) is 8.12. The number of anilines is 1. The third kappa shape index (κ3) is 5.03. The minimum absolute atomic E-state index is 0.0909. The van der Waals surface area contributed by atoms with Gasteiger partial charge in [-0.3, -0.25) is 4.79 Å². The molecule has 9 heteroatoms. The Hall–Kier alpha value is -2.62. The van der Waals surface area contributed by atoms with Crippen molar-refractivity contribution in [3.8, 4) is 0 Å². The summed E-state index contributed by atoms with van der Waals surface area (Å²) in [6, 6.07) is 6.58. The Balaban J connectivity index is 1.33. The van der Waals surface area contributed by atoms with E-state index in [1.807, 2.05) is 4.90 Å². The van der Waals surface area contributed by atoms with Gasteiger partial charge in [-0.15, -0.1) is 11.3 Å². The zero-order valence-corrected chi connectivity index (χ0v) is 21.4. The van der Waals surface area contributed by atoms with Gasteiger partial charge >= 0.3 is 0 Å². The SMILES string of the molecule is CC(C)NCC(C(=O)N1CCN(c2ncnc3sc4c(c23)CCN(C)C4)CC1)c1ccc(F)cc1. The van der Waals surface area contributed by atoms with Gasteiger partial charge in [0.2, 0.25) is 5.91 Å². The number of aromatic nitrogens is 2. The van der Waals surface area contributed by atoms with Crippen LogP contribution in [0.5, 0.6) is 0 Å². The number of hydrogen-bond donors (Lipinski definition) is 1. The van der Waals surface area contributed by atoms with Gasteiger partial charge in [-0.1, -0.05) is 26.0 Å². The van der Waals surface area contributed by atoms with E-state index in [4.69, 9.17) is 4.98 Å². The van der Waals surface area contributed by atoms with Crippen molar-refractivity contribution in [2.75, 3.05) is 51.2 Å². The molecule has 2 aliphatic heterocycles. The second kappa shape index (κ2) is 10.2. The molecule has 0 spiro atoms. The van der Waals surface area contributed by atoms with Crippen LogP contribution in [0.15, 0.2) is 30.6 Å².